The van der Waals surface area contributed by atoms with Crippen molar-refractivity contribution in [1.82, 2.24) is 4.90 Å². The molecule has 0 aromatic heterocycles. The van der Waals surface area contributed by atoms with Crippen molar-refractivity contribution in [2.75, 3.05) is 50.1 Å². The summed E-state index contributed by atoms with van der Waals surface area (Å²) in [6, 6.07) is 14.9. The number of anilines is 2. The zero-order valence-electron chi connectivity index (χ0n) is 16.5. The molecule has 2 heterocycles. The Morgan fingerprint density at radius 3 is 2.31 bits per heavy atom. The van der Waals surface area contributed by atoms with E-state index in [0.29, 0.717) is 36.8 Å². The van der Waals surface area contributed by atoms with Crippen molar-refractivity contribution in [1.29, 1.82) is 0 Å². The molecule has 2 aliphatic rings. The molecule has 1 amide bonds. The maximum Gasteiger partial charge on any atom is 0.286 e. The molecule has 0 radical (unpaired) electrons. The first kappa shape index (κ1) is 19.5. The van der Waals surface area contributed by atoms with Gasteiger partial charge in [0.25, 0.3) is 5.91 Å². The molecule has 150 valence electrons. The summed E-state index contributed by atoms with van der Waals surface area (Å²) in [5.74, 6) is -0.396. The van der Waals surface area contributed by atoms with E-state index < -0.39 is 0 Å². The van der Waals surface area contributed by atoms with E-state index in [2.05, 4.69) is 9.89 Å². The minimum Gasteiger partial charge on any atom is -0.378 e. The predicted molar refractivity (Wildman–Crippen MR) is 119 cm³/mol. The van der Waals surface area contributed by atoms with E-state index in [1.54, 1.807) is 12.1 Å². The average molecular weight is 411 g/mol. The van der Waals surface area contributed by atoms with Crippen molar-refractivity contribution in [3.05, 3.63) is 64.8 Å². The smallest absolute Gasteiger partial charge is 0.286 e. The largest absolute Gasteiger partial charge is 0.378 e. The third-order valence-corrected chi connectivity index (χ3v) is 6.10. The molecule has 0 N–H and O–H groups in total. The molecule has 0 aliphatic carbocycles. The minimum absolute atomic E-state index is 0.196. The van der Waals surface area contributed by atoms with Crippen LogP contribution in [0, 0.1) is 5.82 Å². The number of carbonyl (C=O) groups is 1. The fraction of sp³-hybridized carbons (Fsp3) is 0.273. The van der Waals surface area contributed by atoms with Gasteiger partial charge < -0.3 is 14.7 Å². The van der Waals surface area contributed by atoms with Gasteiger partial charge in [-0.05, 0) is 47.7 Å². The van der Waals surface area contributed by atoms with Crippen molar-refractivity contribution in [3.63, 3.8) is 0 Å². The lowest BCUT2D eigenvalue weighted by Crippen LogP contribution is -2.48. The number of amides is 1. The summed E-state index contributed by atoms with van der Waals surface area (Å²) in [6.07, 6.45) is 1.89. The molecular formula is C22H23FN4OS. The van der Waals surface area contributed by atoms with Gasteiger partial charge in [0.1, 0.15) is 5.82 Å². The summed E-state index contributed by atoms with van der Waals surface area (Å²) in [4.78, 5) is 23.4. The zero-order chi connectivity index (χ0) is 20.4. The zero-order valence-corrected chi connectivity index (χ0v) is 17.3. The summed E-state index contributed by atoms with van der Waals surface area (Å²) in [6.45, 7) is 2.80. The van der Waals surface area contributed by atoms with Crippen LogP contribution < -0.4 is 9.80 Å². The van der Waals surface area contributed by atoms with Gasteiger partial charge in [-0.3, -0.25) is 4.79 Å². The van der Waals surface area contributed by atoms with E-state index in [1.165, 1.54) is 17.8 Å². The number of aliphatic imine (C=N–C) groups is 1. The van der Waals surface area contributed by atoms with Gasteiger partial charge in [0.05, 0.1) is 10.6 Å². The quantitative estimate of drug-likeness (QED) is 0.722. The second-order valence-corrected chi connectivity index (χ2v) is 8.23. The van der Waals surface area contributed by atoms with Crippen LogP contribution in [0.2, 0.25) is 0 Å². The van der Waals surface area contributed by atoms with Crippen LogP contribution in [-0.4, -0.2) is 56.2 Å². The normalized spacial score (nSPS) is 18.4. The molecular weight excluding hydrogens is 387 g/mol. The van der Waals surface area contributed by atoms with Gasteiger partial charge in [0, 0.05) is 46.0 Å². The Bertz CT molecular complexity index is 963. The first-order valence-corrected chi connectivity index (χ1v) is 10.4. The fourth-order valence-electron chi connectivity index (χ4n) is 3.40. The molecule has 29 heavy (non-hydrogen) atoms. The van der Waals surface area contributed by atoms with E-state index in [-0.39, 0.29) is 11.7 Å². The van der Waals surface area contributed by atoms with Crippen LogP contribution in [0.15, 0.2) is 58.4 Å². The summed E-state index contributed by atoms with van der Waals surface area (Å²) < 4.78 is 14.0. The third-order valence-electron chi connectivity index (χ3n) is 5.06. The highest BCUT2D eigenvalue weighted by atomic mass is 32.2. The maximum absolute atomic E-state index is 14.0. The van der Waals surface area contributed by atoms with Gasteiger partial charge in [-0.25, -0.2) is 4.39 Å². The lowest BCUT2D eigenvalue weighted by atomic mass is 10.2. The number of thioether (sulfide) groups is 1. The Kier molecular flexibility index (Phi) is 5.58. The van der Waals surface area contributed by atoms with Gasteiger partial charge >= 0.3 is 0 Å². The summed E-state index contributed by atoms with van der Waals surface area (Å²) in [7, 11) is 3.99. The second kappa shape index (κ2) is 8.29. The van der Waals surface area contributed by atoms with Crippen LogP contribution >= 0.6 is 11.8 Å². The highest BCUT2D eigenvalue weighted by Gasteiger charge is 2.29. The van der Waals surface area contributed by atoms with E-state index in [9.17, 15) is 9.18 Å². The van der Waals surface area contributed by atoms with Crippen molar-refractivity contribution in [2.24, 2.45) is 4.99 Å². The lowest BCUT2D eigenvalue weighted by molar-refractivity contribution is -0.113. The van der Waals surface area contributed by atoms with E-state index >= 15 is 0 Å². The van der Waals surface area contributed by atoms with Gasteiger partial charge in [-0.2, -0.15) is 4.99 Å². The van der Waals surface area contributed by atoms with Crippen LogP contribution in [0.5, 0.6) is 0 Å². The van der Waals surface area contributed by atoms with E-state index in [0.717, 1.165) is 16.4 Å². The molecule has 4 rings (SSSR count). The fourth-order valence-corrected chi connectivity index (χ4v) is 4.37. The number of hydrogen-bond donors (Lipinski definition) is 0. The Balaban J connectivity index is 1.39. The van der Waals surface area contributed by atoms with Crippen molar-refractivity contribution in [2.45, 2.75) is 0 Å². The lowest BCUT2D eigenvalue weighted by Gasteiger charge is -2.36. The molecule has 0 saturated carbocycles. The predicted octanol–water partition coefficient (Wildman–Crippen LogP) is 3.68. The Morgan fingerprint density at radius 1 is 1.00 bits per heavy atom. The van der Waals surface area contributed by atoms with Gasteiger partial charge in [0.2, 0.25) is 0 Å². The number of benzene rings is 2. The SMILES string of the molecule is CN(C)c1ccc(/C=C2\SC(N3CCN(c4ccccc4F)CC3)=NC2=O)cc1. The van der Waals surface area contributed by atoms with E-state index in [1.807, 2.05) is 60.3 Å². The van der Waals surface area contributed by atoms with Crippen molar-refractivity contribution >= 4 is 40.3 Å². The summed E-state index contributed by atoms with van der Waals surface area (Å²) in [5.41, 5.74) is 2.72. The number of amidine groups is 1. The van der Waals surface area contributed by atoms with Crippen LogP contribution in [0.4, 0.5) is 15.8 Å². The first-order chi connectivity index (χ1) is 14.0. The molecule has 1 fully saturated rings. The van der Waals surface area contributed by atoms with Crippen LogP contribution in [0.3, 0.4) is 0 Å². The monoisotopic (exact) mass is 410 g/mol. The highest BCUT2D eigenvalue weighted by molar-refractivity contribution is 8.18. The Morgan fingerprint density at radius 2 is 1.66 bits per heavy atom. The molecule has 2 aromatic carbocycles. The number of piperazine rings is 1. The number of rotatable bonds is 3. The van der Waals surface area contributed by atoms with Crippen LogP contribution in [0.25, 0.3) is 6.08 Å². The summed E-state index contributed by atoms with van der Waals surface area (Å²) >= 11 is 1.42. The van der Waals surface area contributed by atoms with Crippen LogP contribution in [0.1, 0.15) is 5.56 Å². The number of hydrogen-bond acceptors (Lipinski definition) is 5. The number of nitrogens with zero attached hydrogens (tertiary/aromatic N) is 4. The maximum atomic E-state index is 14.0. The molecule has 5 nitrogen and oxygen atoms in total. The van der Waals surface area contributed by atoms with Crippen molar-refractivity contribution in [3.8, 4) is 0 Å². The molecule has 0 unspecified atom stereocenters. The van der Waals surface area contributed by atoms with Crippen LogP contribution in [-0.2, 0) is 4.79 Å². The molecule has 0 spiro atoms. The Hall–Kier alpha value is -2.80. The number of halogens is 1. The van der Waals surface area contributed by atoms with Crippen molar-refractivity contribution < 1.29 is 9.18 Å². The standard InChI is InChI=1S/C22H23FN4OS/c1-25(2)17-9-7-16(8-10-17)15-20-21(28)24-22(29-20)27-13-11-26(12-14-27)19-6-4-3-5-18(19)23/h3-10,15H,11-14H2,1-2H3/b20-15-. The average Bonchev–Trinajstić information content (AvgIpc) is 3.09. The molecule has 2 aromatic rings. The molecule has 7 heteroatoms. The second-order valence-electron chi connectivity index (χ2n) is 7.22. The number of carbonyl (C=O) groups excluding carboxylic acids is 1. The van der Waals surface area contributed by atoms with E-state index in [4.69, 9.17) is 0 Å². The van der Waals surface area contributed by atoms with Gasteiger partial charge in [0.15, 0.2) is 5.17 Å². The molecule has 0 bridgehead atoms. The van der Waals surface area contributed by atoms with Gasteiger partial charge in [-0.15, -0.1) is 0 Å². The topological polar surface area (TPSA) is 39.1 Å². The molecule has 1 saturated heterocycles. The number of para-hydroxylation sites is 1. The van der Waals surface area contributed by atoms with Gasteiger partial charge in [-0.1, -0.05) is 24.3 Å². The highest BCUT2D eigenvalue weighted by Crippen LogP contribution is 2.31. The summed E-state index contributed by atoms with van der Waals surface area (Å²) in [5, 5.41) is 0.736. The molecule has 2 aliphatic heterocycles. The Labute approximate surface area is 174 Å². The first-order valence-electron chi connectivity index (χ1n) is 9.55. The third kappa shape index (κ3) is 4.29. The molecule has 0 atom stereocenters. The minimum atomic E-state index is -0.200.